The van der Waals surface area contributed by atoms with Crippen molar-refractivity contribution in [2.24, 2.45) is 0 Å². The normalized spacial score (nSPS) is 20.6. The van der Waals surface area contributed by atoms with Gasteiger partial charge in [0.25, 0.3) is 5.91 Å². The Morgan fingerprint density at radius 2 is 1.48 bits per heavy atom. The van der Waals surface area contributed by atoms with Gasteiger partial charge in [-0.05, 0) is 35.7 Å². The van der Waals surface area contributed by atoms with E-state index in [1.165, 1.54) is 21.3 Å². The number of amides is 2. The first-order valence-electron chi connectivity index (χ1n) is 10.7. The molecule has 2 amide bonds. The highest BCUT2D eigenvalue weighted by atomic mass is 35.5. The molecule has 9 heteroatoms. The van der Waals surface area contributed by atoms with Gasteiger partial charge in [0, 0.05) is 36.6 Å². The minimum Gasteiger partial charge on any atom is -0.289 e. The van der Waals surface area contributed by atoms with Gasteiger partial charge >= 0.3 is 0 Å². The topological polar surface area (TPSA) is 78.0 Å². The number of carbonyl (C=O) groups excluding carboxylic acids is 2. The molecular weight excluding hydrogens is 462 g/mol. The number of fused-ring (bicyclic) bond motifs is 1. The van der Waals surface area contributed by atoms with Crippen LogP contribution in [0.15, 0.2) is 71.6 Å². The molecule has 2 aliphatic rings. The second kappa shape index (κ2) is 8.53. The van der Waals surface area contributed by atoms with Gasteiger partial charge in [0.15, 0.2) is 0 Å². The monoisotopic (exact) mass is 483 g/mol. The SMILES string of the molecule is O=C1C[C@@H](N2CCN(S(=O)(=O)c3ccc(Cl)cc3)CC2)C(=O)N1c1cccc2ccccc12. The Morgan fingerprint density at radius 3 is 2.21 bits per heavy atom. The second-order valence-corrected chi connectivity index (χ2v) is 10.6. The molecule has 2 saturated heterocycles. The lowest BCUT2D eigenvalue weighted by atomic mass is 10.1. The van der Waals surface area contributed by atoms with Gasteiger partial charge in [-0.1, -0.05) is 48.0 Å². The molecule has 3 aromatic carbocycles. The summed E-state index contributed by atoms with van der Waals surface area (Å²) in [5, 5.41) is 2.28. The van der Waals surface area contributed by atoms with Crippen LogP contribution in [0.3, 0.4) is 0 Å². The summed E-state index contributed by atoms with van der Waals surface area (Å²) in [6, 6.07) is 18.7. The van der Waals surface area contributed by atoms with Crippen LogP contribution in [0.25, 0.3) is 10.8 Å². The summed E-state index contributed by atoms with van der Waals surface area (Å²) in [5.74, 6) is -0.497. The van der Waals surface area contributed by atoms with E-state index in [9.17, 15) is 18.0 Å². The number of rotatable bonds is 4. The fraction of sp³-hybridized carbons (Fsp3) is 0.250. The Morgan fingerprint density at radius 1 is 0.818 bits per heavy atom. The zero-order valence-electron chi connectivity index (χ0n) is 17.7. The molecule has 0 unspecified atom stereocenters. The number of halogens is 1. The molecule has 0 saturated carbocycles. The van der Waals surface area contributed by atoms with Crippen molar-refractivity contribution in [3.05, 3.63) is 71.8 Å². The third-order valence-corrected chi connectivity index (χ3v) is 8.46. The van der Waals surface area contributed by atoms with Crippen LogP contribution in [-0.4, -0.2) is 61.7 Å². The summed E-state index contributed by atoms with van der Waals surface area (Å²) in [7, 11) is -3.64. The summed E-state index contributed by atoms with van der Waals surface area (Å²) in [4.78, 5) is 29.6. The van der Waals surface area contributed by atoms with E-state index < -0.39 is 16.1 Å². The number of hydrogen-bond acceptors (Lipinski definition) is 5. The average Bonchev–Trinajstić information content (AvgIpc) is 3.12. The lowest BCUT2D eigenvalue weighted by molar-refractivity contribution is -0.123. The van der Waals surface area contributed by atoms with Gasteiger partial charge in [0.1, 0.15) is 0 Å². The van der Waals surface area contributed by atoms with Crippen LogP contribution in [0.1, 0.15) is 6.42 Å². The third-order valence-electron chi connectivity index (χ3n) is 6.30. The Balaban J connectivity index is 1.32. The van der Waals surface area contributed by atoms with E-state index >= 15 is 0 Å². The fourth-order valence-corrected chi connectivity index (χ4v) is 6.12. The van der Waals surface area contributed by atoms with Gasteiger partial charge in [-0.2, -0.15) is 4.31 Å². The number of imide groups is 1. The molecular formula is C24H22ClN3O4S. The van der Waals surface area contributed by atoms with E-state index in [0.717, 1.165) is 10.8 Å². The zero-order chi connectivity index (χ0) is 23.2. The van der Waals surface area contributed by atoms with E-state index in [1.807, 2.05) is 41.3 Å². The van der Waals surface area contributed by atoms with E-state index in [4.69, 9.17) is 11.6 Å². The predicted octanol–water partition coefficient (Wildman–Crippen LogP) is 3.13. The zero-order valence-corrected chi connectivity index (χ0v) is 19.3. The average molecular weight is 484 g/mol. The molecule has 7 nitrogen and oxygen atoms in total. The first kappa shape index (κ1) is 22.0. The summed E-state index contributed by atoms with van der Waals surface area (Å²) < 4.78 is 27.3. The van der Waals surface area contributed by atoms with Crippen molar-refractivity contribution in [2.45, 2.75) is 17.4 Å². The third kappa shape index (κ3) is 3.93. The van der Waals surface area contributed by atoms with Crippen LogP contribution in [0, 0.1) is 0 Å². The second-order valence-electron chi connectivity index (χ2n) is 8.18. The summed E-state index contributed by atoms with van der Waals surface area (Å²) in [5.41, 5.74) is 0.592. The number of piperazine rings is 1. The molecule has 2 fully saturated rings. The van der Waals surface area contributed by atoms with Crippen molar-refractivity contribution in [1.82, 2.24) is 9.21 Å². The standard InChI is InChI=1S/C24H22ClN3O4S/c25-18-8-10-19(11-9-18)33(31,32)27-14-12-26(13-15-27)22-16-23(29)28(24(22)30)21-7-3-5-17-4-1-2-6-20(17)21/h1-11,22H,12-16H2/t22-/m1/s1. The van der Waals surface area contributed by atoms with Crippen molar-refractivity contribution in [3.8, 4) is 0 Å². The van der Waals surface area contributed by atoms with Crippen LogP contribution in [-0.2, 0) is 19.6 Å². The first-order chi connectivity index (χ1) is 15.9. The highest BCUT2D eigenvalue weighted by molar-refractivity contribution is 7.89. The van der Waals surface area contributed by atoms with Gasteiger partial charge in [-0.3, -0.25) is 14.5 Å². The van der Waals surface area contributed by atoms with E-state index in [2.05, 4.69) is 0 Å². The number of anilines is 1. The van der Waals surface area contributed by atoms with Crippen LogP contribution in [0.4, 0.5) is 5.69 Å². The van der Waals surface area contributed by atoms with E-state index in [0.29, 0.717) is 23.8 Å². The molecule has 0 aromatic heterocycles. The number of carbonyl (C=O) groups is 2. The van der Waals surface area contributed by atoms with Crippen LogP contribution in [0.5, 0.6) is 0 Å². The van der Waals surface area contributed by atoms with Gasteiger partial charge in [-0.15, -0.1) is 0 Å². The van der Waals surface area contributed by atoms with Gasteiger partial charge in [0.2, 0.25) is 15.9 Å². The fourth-order valence-electron chi connectivity index (χ4n) is 4.57. The molecule has 3 aromatic rings. The smallest absolute Gasteiger partial charge is 0.251 e. The Labute approximate surface area is 197 Å². The maximum atomic E-state index is 13.3. The number of sulfonamides is 1. The number of nitrogens with zero attached hydrogens (tertiary/aromatic N) is 3. The van der Waals surface area contributed by atoms with Crippen molar-refractivity contribution in [1.29, 1.82) is 0 Å². The maximum Gasteiger partial charge on any atom is 0.251 e. The maximum absolute atomic E-state index is 13.3. The Bertz CT molecular complexity index is 1330. The quantitative estimate of drug-likeness (QED) is 0.533. The molecule has 2 aliphatic heterocycles. The molecule has 33 heavy (non-hydrogen) atoms. The summed E-state index contributed by atoms with van der Waals surface area (Å²) in [6.07, 6.45) is 0.0893. The van der Waals surface area contributed by atoms with Crippen molar-refractivity contribution >= 4 is 49.9 Å². The van der Waals surface area contributed by atoms with Crippen molar-refractivity contribution in [3.63, 3.8) is 0 Å². The molecule has 0 bridgehead atoms. The molecule has 1 atom stereocenters. The van der Waals surface area contributed by atoms with Gasteiger partial charge < -0.3 is 0 Å². The molecule has 0 aliphatic carbocycles. The lowest BCUT2D eigenvalue weighted by Gasteiger charge is -2.36. The van der Waals surface area contributed by atoms with Crippen LogP contribution < -0.4 is 4.90 Å². The molecule has 0 N–H and O–H groups in total. The summed E-state index contributed by atoms with van der Waals surface area (Å²) >= 11 is 5.87. The highest BCUT2D eigenvalue weighted by Crippen LogP contribution is 2.32. The van der Waals surface area contributed by atoms with E-state index in [-0.39, 0.29) is 36.2 Å². The Hall–Kier alpha value is -2.78. The van der Waals surface area contributed by atoms with Crippen molar-refractivity contribution < 1.29 is 18.0 Å². The number of hydrogen-bond donors (Lipinski definition) is 0. The first-order valence-corrected chi connectivity index (χ1v) is 12.5. The highest BCUT2D eigenvalue weighted by Gasteiger charge is 2.44. The molecule has 0 radical (unpaired) electrons. The van der Waals surface area contributed by atoms with Crippen LogP contribution in [0.2, 0.25) is 5.02 Å². The molecule has 0 spiro atoms. The molecule has 5 rings (SSSR count). The number of benzene rings is 3. The minimum atomic E-state index is -3.64. The largest absolute Gasteiger partial charge is 0.289 e. The van der Waals surface area contributed by atoms with Gasteiger partial charge in [0.05, 0.1) is 23.0 Å². The minimum absolute atomic E-state index is 0.0893. The van der Waals surface area contributed by atoms with Crippen molar-refractivity contribution in [2.75, 3.05) is 31.1 Å². The molecule has 170 valence electrons. The lowest BCUT2D eigenvalue weighted by Crippen LogP contribution is -2.53. The predicted molar refractivity (Wildman–Crippen MR) is 127 cm³/mol. The summed E-state index contributed by atoms with van der Waals surface area (Å²) in [6.45, 7) is 1.24. The molecule has 2 heterocycles. The van der Waals surface area contributed by atoms with E-state index in [1.54, 1.807) is 18.2 Å². The Kier molecular flexibility index (Phi) is 5.70. The van der Waals surface area contributed by atoms with Crippen LogP contribution >= 0.6 is 11.6 Å². The van der Waals surface area contributed by atoms with Gasteiger partial charge in [-0.25, -0.2) is 13.3 Å².